The molecule has 0 radical (unpaired) electrons. The molecule has 164 valence electrons. The van der Waals surface area contributed by atoms with E-state index in [9.17, 15) is 9.59 Å². The number of hydrazone groups is 1. The number of ether oxygens (including phenoxy) is 2. The number of fused-ring (bicyclic) bond motifs is 1. The van der Waals surface area contributed by atoms with Crippen LogP contribution in [-0.4, -0.2) is 38.9 Å². The molecule has 3 aromatic rings. The molecule has 11 nitrogen and oxygen atoms in total. The van der Waals surface area contributed by atoms with Crippen LogP contribution in [0.5, 0.6) is 11.6 Å². The highest BCUT2D eigenvalue weighted by atomic mass is 35.5. The molecule has 0 aliphatic carbocycles. The molecule has 2 amide bonds. The van der Waals surface area contributed by atoms with E-state index in [-0.39, 0.29) is 34.0 Å². The number of carbonyl (C=O) groups is 2. The number of nitrogens with zero attached hydrogens (tertiary/aromatic N) is 5. The number of carbonyl (C=O) groups excluding carboxylic acids is 2. The van der Waals surface area contributed by atoms with Crippen LogP contribution >= 0.6 is 23.2 Å². The summed E-state index contributed by atoms with van der Waals surface area (Å²) in [6.45, 7) is 1.63. The Morgan fingerprint density at radius 3 is 2.66 bits per heavy atom. The van der Waals surface area contributed by atoms with Crippen molar-refractivity contribution in [1.82, 2.24) is 19.9 Å². The molecule has 0 bridgehead atoms. The number of halogens is 2. The fourth-order valence-electron chi connectivity index (χ4n) is 2.52. The van der Waals surface area contributed by atoms with Gasteiger partial charge in [0, 0.05) is 13.2 Å². The van der Waals surface area contributed by atoms with Gasteiger partial charge in [-0.3, -0.25) is 15.5 Å². The lowest BCUT2D eigenvalue weighted by atomic mass is 10.3. The van der Waals surface area contributed by atoms with Gasteiger partial charge in [0.15, 0.2) is 5.75 Å². The summed E-state index contributed by atoms with van der Waals surface area (Å²) in [5.74, 6) is -0.626. The van der Waals surface area contributed by atoms with E-state index >= 15 is 0 Å². The van der Waals surface area contributed by atoms with Gasteiger partial charge in [0.25, 0.3) is 5.91 Å². The number of hydrogen-bond donors (Lipinski definition) is 2. The van der Waals surface area contributed by atoms with Crippen LogP contribution < -0.4 is 15.5 Å². The van der Waals surface area contributed by atoms with Crippen molar-refractivity contribution in [3.05, 3.63) is 40.8 Å². The molecule has 0 atom stereocenters. The fraction of sp³-hybridized carbons (Fsp3) is 0.158. The normalized spacial score (nSPS) is 11.0. The summed E-state index contributed by atoms with van der Waals surface area (Å²) in [5.41, 5.74) is 2.80. The van der Waals surface area contributed by atoms with Crippen LogP contribution in [0.2, 0.25) is 10.0 Å². The van der Waals surface area contributed by atoms with Crippen LogP contribution in [0.1, 0.15) is 6.92 Å². The molecule has 0 aliphatic heterocycles. The number of anilines is 1. The van der Waals surface area contributed by atoms with E-state index in [1.54, 1.807) is 19.1 Å². The molecular formula is C19H15Cl2N7O4. The highest BCUT2D eigenvalue weighted by molar-refractivity contribution is 6.47. The Morgan fingerprint density at radius 2 is 2.00 bits per heavy atom. The molecule has 2 N–H and O–H groups in total. The molecule has 3 rings (SSSR count). The molecule has 1 aromatic carbocycles. The maximum atomic E-state index is 11.9. The first-order valence-electron chi connectivity index (χ1n) is 8.98. The van der Waals surface area contributed by atoms with Crippen molar-refractivity contribution in [2.75, 3.05) is 12.0 Å². The molecular weight excluding hydrogens is 461 g/mol. The van der Waals surface area contributed by atoms with E-state index in [1.165, 1.54) is 18.5 Å². The molecule has 0 aliphatic rings. The minimum Gasteiger partial charge on any atom is -0.450 e. The Hall–Kier alpha value is -3.88. The Labute approximate surface area is 191 Å². The number of hydrogen-bond acceptors (Lipinski definition) is 9. The summed E-state index contributed by atoms with van der Waals surface area (Å²) in [4.78, 5) is 31.5. The predicted octanol–water partition coefficient (Wildman–Crippen LogP) is 3.63. The van der Waals surface area contributed by atoms with Crippen LogP contribution in [-0.2, 0) is 16.6 Å². The van der Waals surface area contributed by atoms with Gasteiger partial charge in [0.05, 0.1) is 27.7 Å². The lowest BCUT2D eigenvalue weighted by Gasteiger charge is -2.11. The van der Waals surface area contributed by atoms with Crippen molar-refractivity contribution in [2.24, 2.45) is 12.1 Å². The predicted molar refractivity (Wildman–Crippen MR) is 117 cm³/mol. The quantitative estimate of drug-likeness (QED) is 0.406. The number of amides is 2. The SMILES string of the molecule is CCOC(=O)NC(=O)C(C#N)=NNc1cc(Cl)c(Oc2ncnc3c2ccn3C)c(Cl)c1. The number of benzene rings is 1. The monoisotopic (exact) mass is 475 g/mol. The van der Waals surface area contributed by atoms with Crippen LogP contribution in [0, 0.1) is 11.3 Å². The highest BCUT2D eigenvalue weighted by Crippen LogP contribution is 2.39. The van der Waals surface area contributed by atoms with Gasteiger partial charge in [0.1, 0.15) is 18.0 Å². The van der Waals surface area contributed by atoms with Gasteiger partial charge in [-0.2, -0.15) is 10.4 Å². The average Bonchev–Trinajstić information content (AvgIpc) is 3.13. The number of alkyl carbamates (subject to hydrolysis) is 1. The van der Waals surface area contributed by atoms with E-state index in [4.69, 9.17) is 33.2 Å². The number of aromatic nitrogens is 3. The van der Waals surface area contributed by atoms with E-state index in [1.807, 2.05) is 23.1 Å². The van der Waals surface area contributed by atoms with E-state index < -0.39 is 17.7 Å². The van der Waals surface area contributed by atoms with E-state index in [0.29, 0.717) is 11.0 Å². The molecule has 2 aromatic heterocycles. The lowest BCUT2D eigenvalue weighted by molar-refractivity contribution is -0.114. The zero-order valence-corrected chi connectivity index (χ0v) is 18.2. The Kier molecular flexibility index (Phi) is 7.09. The summed E-state index contributed by atoms with van der Waals surface area (Å²) in [6.07, 6.45) is 2.17. The van der Waals surface area contributed by atoms with Gasteiger partial charge in [-0.15, -0.1) is 0 Å². The second-order valence-corrected chi connectivity index (χ2v) is 6.89. The zero-order valence-electron chi connectivity index (χ0n) is 16.7. The second kappa shape index (κ2) is 9.95. The standard InChI is InChI=1S/C19H15Cl2N7O4/c1-3-31-19(30)25-17(29)14(8-22)27-26-10-6-12(20)15(13(21)7-10)32-18-11-4-5-28(2)16(11)23-9-24-18/h4-7,9,26H,3H2,1-2H3,(H,25,29,30). The fourth-order valence-corrected chi connectivity index (χ4v) is 3.08. The van der Waals surface area contributed by atoms with Gasteiger partial charge in [0.2, 0.25) is 11.6 Å². The van der Waals surface area contributed by atoms with Crippen molar-refractivity contribution in [2.45, 2.75) is 6.92 Å². The number of nitriles is 1. The van der Waals surface area contributed by atoms with Gasteiger partial charge >= 0.3 is 6.09 Å². The topological polar surface area (TPSA) is 144 Å². The Morgan fingerprint density at radius 1 is 1.28 bits per heavy atom. The minimum absolute atomic E-state index is 0.0621. The maximum Gasteiger partial charge on any atom is 0.414 e. The number of imide groups is 1. The van der Waals surface area contributed by atoms with Crippen molar-refractivity contribution in [1.29, 1.82) is 5.26 Å². The summed E-state index contributed by atoms with van der Waals surface area (Å²) >= 11 is 12.6. The van der Waals surface area contributed by atoms with Crippen molar-refractivity contribution in [3.8, 4) is 17.7 Å². The van der Waals surface area contributed by atoms with Crippen molar-refractivity contribution in [3.63, 3.8) is 0 Å². The highest BCUT2D eigenvalue weighted by Gasteiger charge is 2.17. The van der Waals surface area contributed by atoms with Crippen molar-refractivity contribution < 1.29 is 19.1 Å². The number of rotatable bonds is 6. The molecule has 0 saturated heterocycles. The molecule has 32 heavy (non-hydrogen) atoms. The van der Waals surface area contributed by atoms with Gasteiger partial charge < -0.3 is 14.0 Å². The molecule has 0 unspecified atom stereocenters. The van der Waals surface area contributed by atoms with Crippen LogP contribution in [0.15, 0.2) is 35.8 Å². The first-order valence-corrected chi connectivity index (χ1v) is 9.74. The lowest BCUT2D eigenvalue weighted by Crippen LogP contribution is -2.36. The van der Waals surface area contributed by atoms with Gasteiger partial charge in [-0.25, -0.2) is 14.8 Å². The Balaban J connectivity index is 1.79. The molecule has 0 spiro atoms. The minimum atomic E-state index is -1.04. The zero-order chi connectivity index (χ0) is 23.3. The first-order chi connectivity index (χ1) is 15.3. The Bertz CT molecular complexity index is 1240. The molecule has 0 saturated carbocycles. The third-order valence-corrected chi connectivity index (χ3v) is 4.49. The van der Waals surface area contributed by atoms with Crippen LogP contribution in [0.25, 0.3) is 11.0 Å². The third kappa shape index (κ3) is 5.05. The van der Waals surface area contributed by atoms with Crippen molar-refractivity contribution >= 4 is 57.6 Å². The average molecular weight is 476 g/mol. The summed E-state index contributed by atoms with van der Waals surface area (Å²) < 4.78 is 12.2. The van der Waals surface area contributed by atoms with E-state index in [0.717, 1.165) is 0 Å². The maximum absolute atomic E-state index is 11.9. The third-order valence-electron chi connectivity index (χ3n) is 3.93. The van der Waals surface area contributed by atoms with Gasteiger partial charge in [-0.1, -0.05) is 23.2 Å². The first kappa shape index (κ1) is 22.8. The summed E-state index contributed by atoms with van der Waals surface area (Å²) in [5, 5.41) is 15.5. The molecule has 2 heterocycles. The second-order valence-electron chi connectivity index (χ2n) is 6.07. The molecule has 0 fully saturated rings. The van der Waals surface area contributed by atoms with Crippen LogP contribution in [0.4, 0.5) is 10.5 Å². The number of aryl methyl sites for hydroxylation is 1. The smallest absolute Gasteiger partial charge is 0.414 e. The summed E-state index contributed by atoms with van der Waals surface area (Å²) in [7, 11) is 1.84. The molecule has 13 heteroatoms. The van der Waals surface area contributed by atoms with Crippen LogP contribution in [0.3, 0.4) is 0 Å². The largest absolute Gasteiger partial charge is 0.450 e. The van der Waals surface area contributed by atoms with E-state index in [2.05, 4.69) is 25.2 Å². The number of nitrogens with one attached hydrogen (secondary N) is 2. The van der Waals surface area contributed by atoms with Gasteiger partial charge in [-0.05, 0) is 25.1 Å². The summed E-state index contributed by atoms with van der Waals surface area (Å²) in [6, 6.07) is 6.22.